The van der Waals surface area contributed by atoms with E-state index >= 15 is 0 Å². The van der Waals surface area contributed by atoms with Crippen LogP contribution in [-0.2, 0) is 6.54 Å². The molecule has 2 amide bonds. The maximum atomic E-state index is 12.5. The van der Waals surface area contributed by atoms with Gasteiger partial charge in [0.2, 0.25) is 0 Å². The maximum Gasteiger partial charge on any atom is 0.317 e. The van der Waals surface area contributed by atoms with Crippen LogP contribution in [0.1, 0.15) is 30.4 Å². The molecular weight excluding hydrogens is 290 g/mol. The molecule has 126 valence electrons. The standard InChI is InChI=1S/C18H27N3O2/c1-14-11-17(23-2)7-6-15(14)12-19-18(22)21-10-9-20-8-4-3-5-16(20)13-21/h6-7,11,16H,3-5,8-10,12-13H2,1-2H3,(H,19,22). The van der Waals surface area contributed by atoms with Gasteiger partial charge in [0.1, 0.15) is 5.75 Å². The Morgan fingerprint density at radius 2 is 2.17 bits per heavy atom. The average Bonchev–Trinajstić information content (AvgIpc) is 2.59. The molecule has 2 saturated heterocycles. The van der Waals surface area contributed by atoms with Gasteiger partial charge in [-0.15, -0.1) is 0 Å². The lowest BCUT2D eigenvalue weighted by Gasteiger charge is -2.43. The van der Waals surface area contributed by atoms with Crippen LogP contribution < -0.4 is 10.1 Å². The van der Waals surface area contributed by atoms with Gasteiger partial charge in [-0.1, -0.05) is 12.5 Å². The topological polar surface area (TPSA) is 44.8 Å². The van der Waals surface area contributed by atoms with Gasteiger partial charge in [-0.05, 0) is 49.6 Å². The van der Waals surface area contributed by atoms with Crippen molar-refractivity contribution < 1.29 is 9.53 Å². The van der Waals surface area contributed by atoms with E-state index in [9.17, 15) is 4.79 Å². The second-order valence-corrected chi connectivity index (χ2v) is 6.58. The second kappa shape index (κ2) is 7.21. The molecule has 23 heavy (non-hydrogen) atoms. The summed E-state index contributed by atoms with van der Waals surface area (Å²) in [6.07, 6.45) is 3.82. The van der Waals surface area contributed by atoms with Gasteiger partial charge in [0.25, 0.3) is 0 Å². The first kappa shape index (κ1) is 16.1. The Morgan fingerprint density at radius 3 is 2.96 bits per heavy atom. The summed E-state index contributed by atoms with van der Waals surface area (Å²) in [5.41, 5.74) is 2.28. The van der Waals surface area contributed by atoms with Crippen molar-refractivity contribution in [3.8, 4) is 5.75 Å². The molecule has 5 nitrogen and oxygen atoms in total. The molecule has 0 saturated carbocycles. The lowest BCUT2D eigenvalue weighted by atomic mass is 10.00. The first-order valence-electron chi connectivity index (χ1n) is 8.57. The van der Waals surface area contributed by atoms with Crippen LogP contribution in [-0.4, -0.2) is 55.2 Å². The van der Waals surface area contributed by atoms with E-state index in [4.69, 9.17) is 4.74 Å². The molecule has 0 radical (unpaired) electrons. The number of nitrogens with zero attached hydrogens (tertiary/aromatic N) is 2. The third-order valence-corrected chi connectivity index (χ3v) is 5.10. The number of amides is 2. The minimum atomic E-state index is 0.0606. The third kappa shape index (κ3) is 3.78. The molecule has 0 spiro atoms. The van der Waals surface area contributed by atoms with Crippen molar-refractivity contribution in [2.45, 2.75) is 38.8 Å². The molecule has 2 fully saturated rings. The van der Waals surface area contributed by atoms with Crippen LogP contribution in [0.5, 0.6) is 5.75 Å². The van der Waals surface area contributed by atoms with Crippen molar-refractivity contribution in [1.29, 1.82) is 0 Å². The first-order valence-corrected chi connectivity index (χ1v) is 8.57. The van der Waals surface area contributed by atoms with Crippen molar-refractivity contribution in [2.24, 2.45) is 0 Å². The Labute approximate surface area is 138 Å². The summed E-state index contributed by atoms with van der Waals surface area (Å²) in [5, 5.41) is 3.07. The van der Waals surface area contributed by atoms with Crippen LogP contribution in [0.3, 0.4) is 0 Å². The number of hydrogen-bond acceptors (Lipinski definition) is 3. The number of aryl methyl sites for hydroxylation is 1. The number of carbonyl (C=O) groups excluding carboxylic acids is 1. The zero-order valence-electron chi connectivity index (χ0n) is 14.2. The number of urea groups is 1. The highest BCUT2D eigenvalue weighted by Gasteiger charge is 2.30. The van der Waals surface area contributed by atoms with Crippen molar-refractivity contribution in [3.63, 3.8) is 0 Å². The quantitative estimate of drug-likeness (QED) is 0.931. The summed E-state index contributed by atoms with van der Waals surface area (Å²) in [5.74, 6) is 0.853. The highest BCUT2D eigenvalue weighted by Crippen LogP contribution is 2.21. The highest BCUT2D eigenvalue weighted by molar-refractivity contribution is 5.74. The monoisotopic (exact) mass is 317 g/mol. The van der Waals surface area contributed by atoms with Crippen molar-refractivity contribution >= 4 is 6.03 Å². The summed E-state index contributed by atoms with van der Waals surface area (Å²) in [7, 11) is 1.67. The molecule has 1 unspecified atom stereocenters. The molecule has 1 aromatic rings. The number of piperidine rings is 1. The summed E-state index contributed by atoms with van der Waals surface area (Å²) in [6, 6.07) is 6.59. The number of rotatable bonds is 3. The lowest BCUT2D eigenvalue weighted by Crippen LogP contribution is -2.57. The Balaban J connectivity index is 1.53. The van der Waals surface area contributed by atoms with E-state index in [1.54, 1.807) is 7.11 Å². The van der Waals surface area contributed by atoms with E-state index in [1.807, 2.05) is 30.0 Å². The fourth-order valence-corrected chi connectivity index (χ4v) is 3.62. The molecule has 5 heteroatoms. The van der Waals surface area contributed by atoms with Gasteiger partial charge >= 0.3 is 6.03 Å². The lowest BCUT2D eigenvalue weighted by molar-refractivity contribution is 0.0643. The maximum absolute atomic E-state index is 12.5. The van der Waals surface area contributed by atoms with Crippen LogP contribution in [0.2, 0.25) is 0 Å². The number of piperazine rings is 1. The second-order valence-electron chi connectivity index (χ2n) is 6.58. The molecule has 0 bridgehead atoms. The fourth-order valence-electron chi connectivity index (χ4n) is 3.62. The van der Waals surface area contributed by atoms with Gasteiger partial charge < -0.3 is 15.0 Å². The van der Waals surface area contributed by atoms with E-state index in [0.29, 0.717) is 12.6 Å². The SMILES string of the molecule is COc1ccc(CNC(=O)N2CCN3CCCCC3C2)c(C)c1. The first-order chi connectivity index (χ1) is 11.2. The normalized spacial score (nSPS) is 21.7. The molecule has 0 aliphatic carbocycles. The minimum absolute atomic E-state index is 0.0606. The molecular formula is C18H27N3O2. The predicted octanol–water partition coefficient (Wildman–Crippen LogP) is 2.38. The van der Waals surface area contributed by atoms with E-state index < -0.39 is 0 Å². The average molecular weight is 317 g/mol. The van der Waals surface area contributed by atoms with Crippen LogP contribution in [0.4, 0.5) is 4.79 Å². The van der Waals surface area contributed by atoms with Crippen LogP contribution in [0.25, 0.3) is 0 Å². The van der Waals surface area contributed by atoms with E-state index in [1.165, 1.54) is 25.8 Å². The van der Waals surface area contributed by atoms with Crippen LogP contribution in [0, 0.1) is 6.92 Å². The summed E-state index contributed by atoms with van der Waals surface area (Å²) in [4.78, 5) is 17.0. The Hall–Kier alpha value is -1.75. The molecule has 2 aliphatic rings. The number of nitrogens with one attached hydrogen (secondary N) is 1. The number of benzene rings is 1. The van der Waals surface area contributed by atoms with Gasteiger partial charge in [0.15, 0.2) is 0 Å². The molecule has 3 rings (SSSR count). The molecule has 1 N–H and O–H groups in total. The van der Waals surface area contributed by atoms with Gasteiger partial charge in [0, 0.05) is 32.2 Å². The van der Waals surface area contributed by atoms with E-state index in [2.05, 4.69) is 10.2 Å². The van der Waals surface area contributed by atoms with Crippen LogP contribution >= 0.6 is 0 Å². The Kier molecular flexibility index (Phi) is 5.06. The minimum Gasteiger partial charge on any atom is -0.497 e. The summed E-state index contributed by atoms with van der Waals surface area (Å²) < 4.78 is 5.22. The summed E-state index contributed by atoms with van der Waals surface area (Å²) >= 11 is 0. The summed E-state index contributed by atoms with van der Waals surface area (Å²) in [6.45, 7) is 6.53. The Bertz CT molecular complexity index is 561. The molecule has 1 aromatic carbocycles. The zero-order chi connectivity index (χ0) is 16.2. The predicted molar refractivity (Wildman–Crippen MR) is 90.8 cm³/mol. The highest BCUT2D eigenvalue weighted by atomic mass is 16.5. The molecule has 2 heterocycles. The van der Waals surface area contributed by atoms with E-state index in [-0.39, 0.29) is 6.03 Å². The number of ether oxygens (including phenoxy) is 1. The van der Waals surface area contributed by atoms with Gasteiger partial charge in [-0.2, -0.15) is 0 Å². The van der Waals surface area contributed by atoms with Crippen molar-refractivity contribution in [2.75, 3.05) is 33.3 Å². The number of fused-ring (bicyclic) bond motifs is 1. The number of hydrogen-bond donors (Lipinski definition) is 1. The number of carbonyl (C=O) groups is 1. The van der Waals surface area contributed by atoms with Crippen molar-refractivity contribution in [1.82, 2.24) is 15.1 Å². The van der Waals surface area contributed by atoms with Gasteiger partial charge in [-0.3, -0.25) is 4.90 Å². The fraction of sp³-hybridized carbons (Fsp3) is 0.611. The zero-order valence-corrected chi connectivity index (χ0v) is 14.2. The van der Waals surface area contributed by atoms with Crippen LogP contribution in [0.15, 0.2) is 18.2 Å². The molecule has 0 aromatic heterocycles. The Morgan fingerprint density at radius 1 is 1.30 bits per heavy atom. The molecule has 2 aliphatic heterocycles. The molecule has 1 atom stereocenters. The van der Waals surface area contributed by atoms with Gasteiger partial charge in [0.05, 0.1) is 7.11 Å². The van der Waals surface area contributed by atoms with Gasteiger partial charge in [-0.25, -0.2) is 4.79 Å². The van der Waals surface area contributed by atoms with Crippen molar-refractivity contribution in [3.05, 3.63) is 29.3 Å². The third-order valence-electron chi connectivity index (χ3n) is 5.10. The van der Waals surface area contributed by atoms with E-state index in [0.717, 1.165) is 36.5 Å². The number of methoxy groups -OCH3 is 1. The smallest absolute Gasteiger partial charge is 0.317 e. The largest absolute Gasteiger partial charge is 0.497 e.